The first kappa shape index (κ1) is 44.0. The molecule has 3 N–H and O–H groups in total. The molecule has 306 valence electrons. The van der Waals surface area contributed by atoms with Gasteiger partial charge in [-0.25, -0.2) is 9.97 Å². The molecule has 0 unspecified atom stereocenters. The van der Waals surface area contributed by atoms with Crippen LogP contribution in [0.1, 0.15) is 52.1 Å². The number of rotatable bonds is 7. The van der Waals surface area contributed by atoms with Crippen molar-refractivity contribution in [3.63, 3.8) is 0 Å². The first-order valence-corrected chi connectivity index (χ1v) is 19.7. The van der Waals surface area contributed by atoms with Crippen LogP contribution in [0.2, 0.25) is 10.0 Å². The largest absolute Gasteiger partial charge is 0.481 e. The fourth-order valence-electron chi connectivity index (χ4n) is 6.37. The molecule has 58 heavy (non-hydrogen) atoms. The number of pyridine rings is 4. The molecule has 15 heteroatoms. The van der Waals surface area contributed by atoms with Gasteiger partial charge in [0.05, 0.1) is 65.5 Å². The molecule has 0 bridgehead atoms. The first-order valence-electron chi connectivity index (χ1n) is 18.2. The van der Waals surface area contributed by atoms with E-state index in [0.717, 1.165) is 67.6 Å². The van der Waals surface area contributed by atoms with Gasteiger partial charge >= 0.3 is 0 Å². The predicted octanol–water partition coefficient (Wildman–Crippen LogP) is 8.47. The highest BCUT2D eigenvalue weighted by Crippen LogP contribution is 2.31. The minimum absolute atomic E-state index is 0. The zero-order valence-electron chi connectivity index (χ0n) is 32.4. The molecule has 8 rings (SSSR count). The third-order valence-corrected chi connectivity index (χ3v) is 11.0. The second-order valence-electron chi connectivity index (χ2n) is 13.8. The molecule has 2 saturated heterocycles. The van der Waals surface area contributed by atoms with Gasteiger partial charge in [0.1, 0.15) is 0 Å². The van der Waals surface area contributed by atoms with Crippen molar-refractivity contribution in [2.75, 3.05) is 45.3 Å². The fourth-order valence-corrected chi connectivity index (χ4v) is 7.00. The molecule has 0 atom stereocenters. The lowest BCUT2D eigenvalue weighted by Crippen LogP contribution is -2.59. The summed E-state index contributed by atoms with van der Waals surface area (Å²) in [5.41, 5.74) is 8.31. The summed E-state index contributed by atoms with van der Waals surface area (Å²) in [5.74, 6) is 0.983. The molecular formula is C43H49BrCl2N8O4. The van der Waals surface area contributed by atoms with Gasteiger partial charge in [0.15, 0.2) is 0 Å². The fraction of sp³-hybridized carbons (Fsp3) is 0.302. The van der Waals surface area contributed by atoms with Crippen molar-refractivity contribution < 1.29 is 20.5 Å². The number of methoxy groups -OCH3 is 2. The lowest BCUT2D eigenvalue weighted by atomic mass is 10.0. The van der Waals surface area contributed by atoms with Crippen LogP contribution in [0, 0.1) is 27.7 Å². The Bertz CT molecular complexity index is 2450. The monoisotopic (exact) mass is 891 g/mol. The summed E-state index contributed by atoms with van der Waals surface area (Å²) in [6, 6.07) is 19.2. The maximum absolute atomic E-state index is 12.7. The van der Waals surface area contributed by atoms with Crippen LogP contribution in [-0.4, -0.2) is 84.2 Å². The molecule has 6 heterocycles. The molecule has 2 aliphatic rings. The molecule has 0 radical (unpaired) electrons. The summed E-state index contributed by atoms with van der Waals surface area (Å²) < 4.78 is 10.8. The van der Waals surface area contributed by atoms with Crippen LogP contribution in [0.4, 0.5) is 5.69 Å². The maximum Gasteiger partial charge on any atom is 0.251 e. The highest BCUT2D eigenvalue weighted by molar-refractivity contribution is 9.10. The van der Waals surface area contributed by atoms with Crippen LogP contribution in [0.3, 0.4) is 0 Å². The minimum atomic E-state index is -0.0788. The van der Waals surface area contributed by atoms with Crippen molar-refractivity contribution in [1.82, 2.24) is 35.9 Å². The molecular weight excluding hydrogens is 843 g/mol. The number of carbonyl (C=O) groups is 2. The van der Waals surface area contributed by atoms with Gasteiger partial charge in [-0.05, 0) is 103 Å². The Balaban J connectivity index is 0.000000214. The molecule has 2 aliphatic heterocycles. The Kier molecular flexibility index (Phi) is 14.9. The molecule has 4 aromatic heterocycles. The number of nitrogens with zero attached hydrogens (tertiary/aromatic N) is 5. The lowest BCUT2D eigenvalue weighted by Gasteiger charge is -2.41. The van der Waals surface area contributed by atoms with E-state index in [1.165, 1.54) is 6.20 Å². The van der Waals surface area contributed by atoms with Crippen LogP contribution < -0.4 is 30.3 Å². The Labute approximate surface area is 358 Å². The number of aryl methyl sites for hydroxylation is 4. The molecule has 12 nitrogen and oxygen atoms in total. The van der Waals surface area contributed by atoms with E-state index in [1.54, 1.807) is 26.5 Å². The Hall–Kier alpha value is -5.08. The van der Waals surface area contributed by atoms with E-state index in [1.807, 2.05) is 75.4 Å². The average molecular weight is 894 g/mol. The van der Waals surface area contributed by atoms with Crippen molar-refractivity contribution in [1.29, 1.82) is 0 Å². The Morgan fingerprint density at radius 2 is 1.22 bits per heavy atom. The van der Waals surface area contributed by atoms with Crippen molar-refractivity contribution >= 4 is 78.4 Å². The minimum Gasteiger partial charge on any atom is -0.481 e. The Morgan fingerprint density at radius 3 is 1.69 bits per heavy atom. The average Bonchev–Trinajstić information content (AvgIpc) is 3.16. The second kappa shape index (κ2) is 19.6. The number of nitrogens with one attached hydrogen (secondary N) is 3. The summed E-state index contributed by atoms with van der Waals surface area (Å²) in [7, 11) is 3.13. The van der Waals surface area contributed by atoms with Crippen LogP contribution >= 0.6 is 39.1 Å². The number of ether oxygens (including phenoxy) is 2. The summed E-state index contributed by atoms with van der Waals surface area (Å²) in [4.78, 5) is 43.8. The number of amides is 2. The third-order valence-electron chi connectivity index (χ3n) is 9.50. The van der Waals surface area contributed by atoms with E-state index >= 15 is 0 Å². The summed E-state index contributed by atoms with van der Waals surface area (Å²) in [6.45, 7) is 11.1. The van der Waals surface area contributed by atoms with Crippen LogP contribution in [0.15, 0.2) is 77.5 Å². The zero-order chi connectivity index (χ0) is 40.8. The van der Waals surface area contributed by atoms with Crippen LogP contribution in [0.5, 0.6) is 11.8 Å². The van der Waals surface area contributed by atoms with Crippen LogP contribution in [0.25, 0.3) is 21.8 Å². The number of hydrogen-bond donors (Lipinski definition) is 3. The third kappa shape index (κ3) is 10.7. The quantitative estimate of drug-likeness (QED) is 0.143. The number of halogens is 3. The van der Waals surface area contributed by atoms with Crippen LogP contribution in [-0.2, 0) is 0 Å². The van der Waals surface area contributed by atoms with Crippen molar-refractivity contribution in [2.24, 2.45) is 0 Å². The van der Waals surface area contributed by atoms with Crippen molar-refractivity contribution in [3.8, 4) is 11.8 Å². The number of benzene rings is 2. The number of hydrogen-bond acceptors (Lipinski definition) is 10. The zero-order valence-corrected chi connectivity index (χ0v) is 35.5. The van der Waals surface area contributed by atoms with Gasteiger partial charge in [0, 0.05) is 77.5 Å². The number of fused-ring (bicyclic) bond motifs is 2. The molecule has 6 aromatic rings. The smallest absolute Gasteiger partial charge is 0.251 e. The molecule has 0 aliphatic carbocycles. The molecule has 0 saturated carbocycles. The number of anilines is 1. The highest BCUT2D eigenvalue weighted by Gasteiger charge is 2.30. The summed E-state index contributed by atoms with van der Waals surface area (Å²) in [6.07, 6.45) is 3.11. The SMILES string of the molecule is C.COc1cc(Br)c(Cl)cn1.COc1cc(N2CC(NC(=O)c3ccc4nc(C)cc(C)c4c3)C2)c(Cl)cn1.Cc1cc(C)c2cc(C(=O)NC3CNC3)ccc2n1.[2HH]. The molecule has 2 amide bonds. The number of aromatic nitrogens is 4. The molecule has 2 fully saturated rings. The van der Waals surface area contributed by atoms with Gasteiger partial charge in [0.2, 0.25) is 11.8 Å². The van der Waals surface area contributed by atoms with Gasteiger partial charge in [0.25, 0.3) is 11.8 Å². The van der Waals surface area contributed by atoms with Gasteiger partial charge in [-0.3, -0.25) is 19.6 Å². The Morgan fingerprint density at radius 1 is 0.741 bits per heavy atom. The normalized spacial score (nSPS) is 13.4. The van der Waals surface area contributed by atoms with Crippen molar-refractivity contribution in [2.45, 2.75) is 47.2 Å². The van der Waals surface area contributed by atoms with E-state index in [9.17, 15) is 9.59 Å². The van der Waals surface area contributed by atoms with Gasteiger partial charge in [-0.15, -0.1) is 0 Å². The standard InChI is InChI=1S/C21H21ClN4O2.C15H17N3O.C6H5BrClNO.CH4.H2/c1-12-6-13(2)24-18-5-4-14(7-16(12)18)21(27)25-15-10-26(11-15)19-8-20(28-3)23-9-17(19)22;1-9-5-10(2)17-14-4-3-11(6-13(9)14)15(19)18-12-7-16-8-12;1-10-6-2-4(7)5(8)3-9-6;;/h4-9,15H,10-11H2,1-3H3,(H,25,27);3-6,12,16H,7-8H2,1-2H3,(H,18,19);2-3H,1H3;1H4;1H/i;;;;1+1. The highest BCUT2D eigenvalue weighted by atomic mass is 79.9. The van der Waals surface area contributed by atoms with E-state index in [4.69, 9.17) is 32.7 Å². The molecule has 2 aromatic carbocycles. The summed E-state index contributed by atoms with van der Waals surface area (Å²) in [5, 5.41) is 12.4. The van der Waals surface area contributed by atoms with Crippen molar-refractivity contribution in [3.05, 3.63) is 121 Å². The lowest BCUT2D eigenvalue weighted by molar-refractivity contribution is 0.0918. The van der Waals surface area contributed by atoms with E-state index in [0.29, 0.717) is 46.0 Å². The summed E-state index contributed by atoms with van der Waals surface area (Å²) >= 11 is 15.1. The van der Waals surface area contributed by atoms with E-state index in [2.05, 4.69) is 63.6 Å². The van der Waals surface area contributed by atoms with E-state index < -0.39 is 0 Å². The predicted molar refractivity (Wildman–Crippen MR) is 238 cm³/mol. The van der Waals surface area contributed by atoms with Gasteiger partial charge < -0.3 is 30.3 Å². The van der Waals surface area contributed by atoms with E-state index in [-0.39, 0.29) is 32.8 Å². The first-order chi connectivity index (χ1) is 27.3. The van der Waals surface area contributed by atoms with Gasteiger partial charge in [-0.2, -0.15) is 0 Å². The molecule has 0 spiro atoms. The topological polar surface area (TPSA) is 143 Å². The number of carbonyl (C=O) groups excluding carboxylic acids is 2. The van der Waals surface area contributed by atoms with Gasteiger partial charge in [-0.1, -0.05) is 30.6 Å². The maximum atomic E-state index is 12.7. The second-order valence-corrected chi connectivity index (χ2v) is 15.5.